The van der Waals surface area contributed by atoms with Crippen molar-refractivity contribution < 1.29 is 8.42 Å². The number of benzene rings is 1. The minimum absolute atomic E-state index is 0.210. The Bertz CT molecular complexity index is 582. The predicted molar refractivity (Wildman–Crippen MR) is 77.7 cm³/mol. The van der Waals surface area contributed by atoms with Crippen LogP contribution >= 0.6 is 0 Å². The molecule has 1 fully saturated rings. The lowest BCUT2D eigenvalue weighted by molar-refractivity contribution is 0.418. The Hall–Kier alpha value is -1.27. The highest BCUT2D eigenvalue weighted by Crippen LogP contribution is 2.36. The number of sulfonamides is 1. The second-order valence-corrected chi connectivity index (χ2v) is 7.63. The van der Waals surface area contributed by atoms with Crippen molar-refractivity contribution in [2.24, 2.45) is 5.41 Å². The van der Waals surface area contributed by atoms with Crippen molar-refractivity contribution >= 4 is 21.4 Å². The van der Waals surface area contributed by atoms with E-state index < -0.39 is 10.0 Å². The maximum absolute atomic E-state index is 12.1. The first kappa shape index (κ1) is 14.1. The Morgan fingerprint density at radius 1 is 1.37 bits per heavy atom. The minimum Gasteiger partial charge on any atom is -0.399 e. The lowest BCUT2D eigenvalue weighted by Gasteiger charge is -2.24. The second-order valence-electron chi connectivity index (χ2n) is 5.77. The fraction of sp³-hybridized carbons (Fsp3) is 0.538. The molecule has 1 saturated heterocycles. The molecule has 6 heteroatoms. The molecule has 1 heterocycles. The highest BCUT2D eigenvalue weighted by Gasteiger charge is 2.32. The fourth-order valence-corrected chi connectivity index (χ4v) is 3.42. The molecule has 0 unspecified atom stereocenters. The zero-order valence-corrected chi connectivity index (χ0v) is 12.4. The van der Waals surface area contributed by atoms with E-state index in [9.17, 15) is 8.42 Å². The van der Waals surface area contributed by atoms with E-state index in [1.165, 1.54) is 13.1 Å². The topological polar surface area (TPSA) is 75.4 Å². The summed E-state index contributed by atoms with van der Waals surface area (Å²) in [7, 11) is -2.08. The fourth-order valence-electron chi connectivity index (χ4n) is 2.44. The van der Waals surface area contributed by atoms with Gasteiger partial charge in [0.1, 0.15) is 4.90 Å². The van der Waals surface area contributed by atoms with Gasteiger partial charge in [-0.1, -0.05) is 13.8 Å². The van der Waals surface area contributed by atoms with Gasteiger partial charge in [0.05, 0.1) is 5.69 Å². The third kappa shape index (κ3) is 2.84. The third-order valence-corrected chi connectivity index (χ3v) is 5.00. The van der Waals surface area contributed by atoms with Crippen LogP contribution in [0, 0.1) is 5.41 Å². The summed E-state index contributed by atoms with van der Waals surface area (Å²) in [5.74, 6) is 0. The maximum atomic E-state index is 12.1. The molecule has 2 rings (SSSR count). The molecule has 0 spiro atoms. The van der Waals surface area contributed by atoms with Gasteiger partial charge in [-0.3, -0.25) is 0 Å². The van der Waals surface area contributed by atoms with Gasteiger partial charge in [-0.2, -0.15) is 0 Å². The van der Waals surface area contributed by atoms with Gasteiger partial charge in [-0.15, -0.1) is 0 Å². The standard InChI is InChI=1S/C13H21N3O2S/c1-13(2)6-7-16(9-13)11-5-4-10(14)8-12(11)19(17,18)15-3/h4-5,8,15H,6-7,9,14H2,1-3H3. The third-order valence-electron chi connectivity index (χ3n) is 3.56. The van der Waals surface area contributed by atoms with E-state index in [-0.39, 0.29) is 10.3 Å². The van der Waals surface area contributed by atoms with Crippen molar-refractivity contribution in [3.63, 3.8) is 0 Å². The first-order valence-electron chi connectivity index (χ1n) is 6.33. The Labute approximate surface area is 114 Å². The van der Waals surface area contributed by atoms with Crippen molar-refractivity contribution in [1.82, 2.24) is 4.72 Å². The lowest BCUT2D eigenvalue weighted by atomic mass is 9.93. The van der Waals surface area contributed by atoms with Crippen molar-refractivity contribution in [2.75, 3.05) is 30.8 Å². The summed E-state index contributed by atoms with van der Waals surface area (Å²) in [5.41, 5.74) is 7.12. The molecule has 0 bridgehead atoms. The van der Waals surface area contributed by atoms with Crippen molar-refractivity contribution in [3.8, 4) is 0 Å². The molecule has 3 N–H and O–H groups in total. The Kier molecular flexibility index (Phi) is 3.49. The average Bonchev–Trinajstić information content (AvgIpc) is 2.69. The van der Waals surface area contributed by atoms with Crippen LogP contribution in [0.1, 0.15) is 20.3 Å². The van der Waals surface area contributed by atoms with Gasteiger partial charge in [0.15, 0.2) is 0 Å². The number of nitrogens with two attached hydrogens (primary N) is 1. The van der Waals surface area contributed by atoms with Gasteiger partial charge in [0, 0.05) is 18.8 Å². The average molecular weight is 283 g/mol. The first-order valence-corrected chi connectivity index (χ1v) is 7.81. The summed E-state index contributed by atoms with van der Waals surface area (Å²) in [6, 6.07) is 5.06. The van der Waals surface area contributed by atoms with Gasteiger partial charge in [0.2, 0.25) is 10.0 Å². The number of hydrogen-bond donors (Lipinski definition) is 2. The van der Waals surface area contributed by atoms with Crippen LogP contribution in [0.2, 0.25) is 0 Å². The van der Waals surface area contributed by atoms with Crippen molar-refractivity contribution in [2.45, 2.75) is 25.2 Å². The van der Waals surface area contributed by atoms with Crippen LogP contribution in [0.3, 0.4) is 0 Å². The lowest BCUT2D eigenvalue weighted by Crippen LogP contribution is -2.27. The molecule has 5 nitrogen and oxygen atoms in total. The van der Waals surface area contributed by atoms with E-state index >= 15 is 0 Å². The molecule has 1 aromatic rings. The van der Waals surface area contributed by atoms with Crippen molar-refractivity contribution in [3.05, 3.63) is 18.2 Å². The van der Waals surface area contributed by atoms with E-state index in [4.69, 9.17) is 5.73 Å². The quantitative estimate of drug-likeness (QED) is 0.823. The van der Waals surface area contributed by atoms with Crippen LogP contribution in [0.15, 0.2) is 23.1 Å². The monoisotopic (exact) mass is 283 g/mol. The van der Waals surface area contributed by atoms with Crippen LogP contribution in [-0.4, -0.2) is 28.6 Å². The summed E-state index contributed by atoms with van der Waals surface area (Å²) < 4.78 is 26.6. The van der Waals surface area contributed by atoms with Gasteiger partial charge >= 0.3 is 0 Å². The van der Waals surface area contributed by atoms with E-state index in [2.05, 4.69) is 23.5 Å². The summed E-state index contributed by atoms with van der Waals surface area (Å²) >= 11 is 0. The Morgan fingerprint density at radius 2 is 2.05 bits per heavy atom. The molecular weight excluding hydrogens is 262 g/mol. The molecule has 0 atom stereocenters. The zero-order chi connectivity index (χ0) is 14.3. The molecule has 0 aliphatic carbocycles. The zero-order valence-electron chi connectivity index (χ0n) is 11.6. The van der Waals surface area contributed by atoms with Crippen LogP contribution in [0.25, 0.3) is 0 Å². The first-order chi connectivity index (χ1) is 8.75. The SMILES string of the molecule is CNS(=O)(=O)c1cc(N)ccc1N1CCC(C)(C)C1. The number of nitrogens with one attached hydrogen (secondary N) is 1. The molecule has 1 aliphatic rings. The van der Waals surface area contributed by atoms with Gasteiger partial charge in [0.25, 0.3) is 0 Å². The van der Waals surface area contributed by atoms with Gasteiger partial charge in [-0.25, -0.2) is 13.1 Å². The number of nitrogens with zero attached hydrogens (tertiary/aromatic N) is 1. The van der Waals surface area contributed by atoms with E-state index in [0.717, 1.165) is 25.2 Å². The normalized spacial score (nSPS) is 18.8. The van der Waals surface area contributed by atoms with E-state index in [1.54, 1.807) is 12.1 Å². The molecule has 0 amide bonds. The summed E-state index contributed by atoms with van der Waals surface area (Å²) in [6.07, 6.45) is 1.05. The molecule has 106 valence electrons. The van der Waals surface area contributed by atoms with Crippen LogP contribution in [-0.2, 0) is 10.0 Å². The molecular formula is C13H21N3O2S. The Balaban J connectivity index is 2.47. The molecule has 1 aromatic carbocycles. The number of anilines is 2. The second kappa shape index (κ2) is 4.68. The summed E-state index contributed by atoms with van der Waals surface area (Å²) in [4.78, 5) is 2.37. The Morgan fingerprint density at radius 3 is 2.58 bits per heavy atom. The minimum atomic E-state index is -3.50. The maximum Gasteiger partial charge on any atom is 0.242 e. The largest absolute Gasteiger partial charge is 0.399 e. The number of nitrogen functional groups attached to an aromatic ring is 1. The molecule has 19 heavy (non-hydrogen) atoms. The highest BCUT2D eigenvalue weighted by molar-refractivity contribution is 7.89. The van der Waals surface area contributed by atoms with Crippen molar-refractivity contribution in [1.29, 1.82) is 0 Å². The van der Waals surface area contributed by atoms with E-state index in [0.29, 0.717) is 5.69 Å². The predicted octanol–water partition coefficient (Wildman–Crippen LogP) is 1.41. The molecule has 1 aliphatic heterocycles. The van der Waals surface area contributed by atoms with E-state index in [1.807, 2.05) is 0 Å². The van der Waals surface area contributed by atoms with Gasteiger partial charge in [-0.05, 0) is 37.1 Å². The highest BCUT2D eigenvalue weighted by atomic mass is 32.2. The number of rotatable bonds is 3. The smallest absolute Gasteiger partial charge is 0.242 e. The van der Waals surface area contributed by atoms with Crippen LogP contribution in [0.4, 0.5) is 11.4 Å². The summed E-state index contributed by atoms with van der Waals surface area (Å²) in [5, 5.41) is 0. The number of hydrogen-bond acceptors (Lipinski definition) is 4. The van der Waals surface area contributed by atoms with Crippen LogP contribution < -0.4 is 15.4 Å². The molecule has 0 saturated carbocycles. The molecule has 0 aromatic heterocycles. The summed E-state index contributed by atoms with van der Waals surface area (Å²) in [6.45, 7) is 6.10. The van der Waals surface area contributed by atoms with Crippen LogP contribution in [0.5, 0.6) is 0 Å². The molecule has 0 radical (unpaired) electrons. The van der Waals surface area contributed by atoms with Gasteiger partial charge < -0.3 is 10.6 Å².